The monoisotopic (exact) mass is 465 g/mol. The number of sulfonamides is 1. The molecule has 2 rings (SSSR count). The molecule has 0 aliphatic rings. The second-order valence-electron chi connectivity index (χ2n) is 8.46. The average Bonchev–Trinajstić information content (AvgIpc) is 2.69. The van der Waals surface area contributed by atoms with Gasteiger partial charge in [0.2, 0.25) is 10.0 Å². The van der Waals surface area contributed by atoms with E-state index in [1.165, 1.54) is 23.8 Å². The van der Waals surface area contributed by atoms with E-state index in [1.807, 2.05) is 12.1 Å². The maximum atomic E-state index is 12.7. The fourth-order valence-electron chi connectivity index (χ4n) is 3.14. The molecule has 2 N–H and O–H groups in total. The smallest absolute Gasteiger partial charge is 0.251 e. The number of hydrogen-bond donors (Lipinski definition) is 2. The molecule has 0 unspecified atom stereocenters. The van der Waals surface area contributed by atoms with Crippen LogP contribution in [0.2, 0.25) is 5.02 Å². The van der Waals surface area contributed by atoms with Gasteiger partial charge in [0.1, 0.15) is 4.90 Å². The highest BCUT2D eigenvalue weighted by Crippen LogP contribution is 2.24. The first-order valence-electron chi connectivity index (χ1n) is 10.4. The number of nitrogens with one attached hydrogen (secondary N) is 2. The Bertz CT molecular complexity index is 1010. The molecule has 170 valence electrons. The molecule has 0 aliphatic heterocycles. The standard InChI is InChI=1S/C23H32ClN3O3S/c1-6-27(7-2)16-18-10-8-9-17(13-18)15-25-22(28)19-11-12-20(24)21(14-19)31(29,30)26-23(3,4)5/h8-14,26H,6-7,15-16H2,1-5H3,(H,25,28). The molecule has 0 spiro atoms. The second kappa shape index (κ2) is 10.6. The summed E-state index contributed by atoms with van der Waals surface area (Å²) in [5, 5.41) is 2.93. The van der Waals surface area contributed by atoms with Crippen molar-refractivity contribution in [3.8, 4) is 0 Å². The summed E-state index contributed by atoms with van der Waals surface area (Å²) in [4.78, 5) is 14.9. The average molecular weight is 466 g/mol. The first-order valence-corrected chi connectivity index (χ1v) is 12.2. The highest BCUT2D eigenvalue weighted by atomic mass is 35.5. The van der Waals surface area contributed by atoms with Gasteiger partial charge >= 0.3 is 0 Å². The molecule has 0 fully saturated rings. The lowest BCUT2D eigenvalue weighted by Crippen LogP contribution is -2.40. The Morgan fingerprint density at radius 3 is 2.29 bits per heavy atom. The van der Waals surface area contributed by atoms with Crippen molar-refractivity contribution >= 4 is 27.5 Å². The molecule has 0 radical (unpaired) electrons. The van der Waals surface area contributed by atoms with E-state index in [0.29, 0.717) is 6.54 Å². The molecule has 8 heteroatoms. The number of halogens is 1. The van der Waals surface area contributed by atoms with Crippen LogP contribution in [0, 0.1) is 0 Å². The highest BCUT2D eigenvalue weighted by molar-refractivity contribution is 7.89. The molecule has 31 heavy (non-hydrogen) atoms. The van der Waals surface area contributed by atoms with Gasteiger partial charge in [0.05, 0.1) is 5.02 Å². The van der Waals surface area contributed by atoms with Crippen molar-refractivity contribution in [2.45, 2.75) is 58.1 Å². The van der Waals surface area contributed by atoms with Crippen molar-refractivity contribution < 1.29 is 13.2 Å². The van der Waals surface area contributed by atoms with Crippen LogP contribution in [0.1, 0.15) is 56.1 Å². The summed E-state index contributed by atoms with van der Waals surface area (Å²) in [6.07, 6.45) is 0. The molecule has 1 amide bonds. The lowest BCUT2D eigenvalue weighted by molar-refractivity contribution is 0.0950. The van der Waals surface area contributed by atoms with Gasteiger partial charge in [-0.2, -0.15) is 0 Å². The Labute approximate surface area is 191 Å². The lowest BCUT2D eigenvalue weighted by Gasteiger charge is -2.21. The molecule has 2 aromatic rings. The van der Waals surface area contributed by atoms with Crippen molar-refractivity contribution in [1.82, 2.24) is 14.9 Å². The Morgan fingerprint density at radius 2 is 1.68 bits per heavy atom. The normalized spacial score (nSPS) is 12.2. The van der Waals surface area contributed by atoms with Gasteiger partial charge in [-0.05, 0) is 63.2 Å². The maximum Gasteiger partial charge on any atom is 0.251 e. The van der Waals surface area contributed by atoms with Crippen LogP contribution in [-0.4, -0.2) is 37.9 Å². The number of hydrogen-bond acceptors (Lipinski definition) is 4. The number of amides is 1. The summed E-state index contributed by atoms with van der Waals surface area (Å²) >= 11 is 6.12. The largest absolute Gasteiger partial charge is 0.348 e. The van der Waals surface area contributed by atoms with Crippen molar-refractivity contribution in [3.63, 3.8) is 0 Å². The molecular formula is C23H32ClN3O3S. The Balaban J connectivity index is 2.13. The Morgan fingerprint density at radius 1 is 1.03 bits per heavy atom. The van der Waals surface area contributed by atoms with Crippen LogP contribution in [0.4, 0.5) is 0 Å². The Hall–Kier alpha value is -1.93. The third kappa shape index (κ3) is 7.61. The predicted octanol–water partition coefficient (Wildman–Crippen LogP) is 4.19. The van der Waals surface area contributed by atoms with Crippen LogP contribution in [-0.2, 0) is 23.1 Å². The van der Waals surface area contributed by atoms with Crippen molar-refractivity contribution in [2.75, 3.05) is 13.1 Å². The number of rotatable bonds is 9. The summed E-state index contributed by atoms with van der Waals surface area (Å²) in [5.74, 6) is -0.363. The minimum absolute atomic E-state index is 0.0670. The number of benzene rings is 2. The minimum atomic E-state index is -3.86. The molecule has 0 saturated carbocycles. The third-order valence-corrected chi connectivity index (χ3v) is 6.91. The van der Waals surface area contributed by atoms with Gasteiger partial charge in [-0.3, -0.25) is 9.69 Å². The summed E-state index contributed by atoms with van der Waals surface area (Å²) in [6, 6.07) is 12.3. The fraction of sp³-hybridized carbons (Fsp3) is 0.435. The summed E-state index contributed by atoms with van der Waals surface area (Å²) in [6.45, 7) is 12.6. The molecule has 0 aliphatic carbocycles. The van der Waals surface area contributed by atoms with E-state index in [9.17, 15) is 13.2 Å². The van der Waals surface area contributed by atoms with E-state index in [2.05, 4.69) is 40.9 Å². The van der Waals surface area contributed by atoms with Crippen LogP contribution in [0.25, 0.3) is 0 Å². The zero-order valence-electron chi connectivity index (χ0n) is 18.8. The van der Waals surface area contributed by atoms with E-state index in [1.54, 1.807) is 20.8 Å². The van der Waals surface area contributed by atoms with E-state index in [-0.39, 0.29) is 21.4 Å². The zero-order chi connectivity index (χ0) is 23.2. The van der Waals surface area contributed by atoms with Gasteiger partial charge in [0, 0.05) is 24.2 Å². The molecule has 0 atom stereocenters. The van der Waals surface area contributed by atoms with E-state index in [4.69, 9.17) is 11.6 Å². The lowest BCUT2D eigenvalue weighted by atomic mass is 10.1. The summed E-state index contributed by atoms with van der Waals surface area (Å²) < 4.78 is 27.9. The highest BCUT2D eigenvalue weighted by Gasteiger charge is 2.25. The summed E-state index contributed by atoms with van der Waals surface area (Å²) in [5.41, 5.74) is 1.73. The van der Waals surface area contributed by atoms with Gasteiger partial charge in [0.25, 0.3) is 5.91 Å². The Kier molecular flexibility index (Phi) is 8.65. The topological polar surface area (TPSA) is 78.5 Å². The van der Waals surface area contributed by atoms with Crippen LogP contribution >= 0.6 is 11.6 Å². The van der Waals surface area contributed by atoms with E-state index >= 15 is 0 Å². The molecule has 0 heterocycles. The SMILES string of the molecule is CCN(CC)Cc1cccc(CNC(=O)c2ccc(Cl)c(S(=O)(=O)NC(C)(C)C)c2)c1. The van der Waals surface area contributed by atoms with E-state index in [0.717, 1.165) is 25.2 Å². The first-order chi connectivity index (χ1) is 14.4. The second-order valence-corrected chi connectivity index (χ2v) is 10.5. The summed E-state index contributed by atoms with van der Waals surface area (Å²) in [7, 11) is -3.86. The van der Waals surface area contributed by atoms with Crippen LogP contribution in [0.3, 0.4) is 0 Å². The molecule has 0 saturated heterocycles. The van der Waals surface area contributed by atoms with Gasteiger partial charge in [-0.15, -0.1) is 0 Å². The quantitative estimate of drug-likeness (QED) is 0.582. The maximum absolute atomic E-state index is 12.7. The third-order valence-electron chi connectivity index (χ3n) is 4.67. The van der Waals surface area contributed by atoms with E-state index < -0.39 is 15.6 Å². The number of carbonyl (C=O) groups excluding carboxylic acids is 1. The number of nitrogens with zero attached hydrogens (tertiary/aromatic N) is 1. The van der Waals surface area contributed by atoms with Crippen LogP contribution < -0.4 is 10.0 Å². The van der Waals surface area contributed by atoms with Gasteiger partial charge in [-0.1, -0.05) is 49.7 Å². The predicted molar refractivity (Wildman–Crippen MR) is 126 cm³/mol. The van der Waals surface area contributed by atoms with Crippen molar-refractivity contribution in [2.24, 2.45) is 0 Å². The van der Waals surface area contributed by atoms with Crippen LogP contribution in [0.5, 0.6) is 0 Å². The van der Waals surface area contributed by atoms with Crippen LogP contribution in [0.15, 0.2) is 47.4 Å². The first kappa shape index (κ1) is 25.3. The molecule has 0 aromatic heterocycles. The molecule has 2 aromatic carbocycles. The van der Waals surface area contributed by atoms with Gasteiger partial charge in [0.15, 0.2) is 0 Å². The van der Waals surface area contributed by atoms with Gasteiger partial charge in [-0.25, -0.2) is 13.1 Å². The van der Waals surface area contributed by atoms with Crippen molar-refractivity contribution in [3.05, 3.63) is 64.2 Å². The zero-order valence-corrected chi connectivity index (χ0v) is 20.4. The molecule has 6 nitrogen and oxygen atoms in total. The number of carbonyl (C=O) groups is 1. The fourth-order valence-corrected chi connectivity index (χ4v) is 5.08. The minimum Gasteiger partial charge on any atom is -0.348 e. The van der Waals surface area contributed by atoms with Crippen molar-refractivity contribution in [1.29, 1.82) is 0 Å². The van der Waals surface area contributed by atoms with Gasteiger partial charge < -0.3 is 5.32 Å². The molecular weight excluding hydrogens is 434 g/mol. The molecule has 0 bridgehead atoms.